The van der Waals surface area contributed by atoms with Crippen molar-refractivity contribution < 1.29 is 24.2 Å². The Morgan fingerprint density at radius 1 is 1.29 bits per heavy atom. The Morgan fingerprint density at radius 3 is 2.67 bits per heavy atom. The summed E-state index contributed by atoms with van der Waals surface area (Å²) >= 11 is 0. The first-order valence-electron chi connectivity index (χ1n) is 8.26. The third-order valence-electron chi connectivity index (χ3n) is 4.25. The number of alkyl carbamates (subject to hydrolysis) is 1. The van der Waals surface area contributed by atoms with Crippen molar-refractivity contribution in [2.24, 2.45) is 5.92 Å². The van der Waals surface area contributed by atoms with Crippen molar-refractivity contribution in [2.45, 2.75) is 51.2 Å². The Hall–Kier alpha value is -2.37. The number of hydrogen-bond donors (Lipinski definition) is 2. The molecule has 1 saturated carbocycles. The molecule has 6 nitrogen and oxygen atoms in total. The molecular weight excluding hydrogens is 310 g/mol. The third kappa shape index (κ3) is 6.02. The zero-order chi connectivity index (χ0) is 17.4. The highest BCUT2D eigenvalue weighted by Crippen LogP contribution is 2.26. The summed E-state index contributed by atoms with van der Waals surface area (Å²) in [6.45, 7) is 0.133. The lowest BCUT2D eigenvalue weighted by Gasteiger charge is -2.18. The van der Waals surface area contributed by atoms with Crippen molar-refractivity contribution in [3.05, 3.63) is 35.9 Å². The lowest BCUT2D eigenvalue weighted by molar-refractivity contribution is -0.137. The van der Waals surface area contributed by atoms with Gasteiger partial charge < -0.3 is 15.2 Å². The molecule has 2 unspecified atom stereocenters. The number of carbonyl (C=O) groups excluding carboxylic acids is 2. The van der Waals surface area contributed by atoms with E-state index in [9.17, 15) is 14.4 Å². The molecular formula is C18H23NO5. The molecule has 0 heterocycles. The standard InChI is InChI=1S/C18H23NO5/c20-16-8-4-7-14(16)9-10-15(11-17(21)22)19-18(23)24-12-13-5-2-1-3-6-13/h1-3,5-6,14-15H,4,7-12H2,(H,19,23)(H,21,22). The molecule has 0 spiro atoms. The minimum Gasteiger partial charge on any atom is -0.481 e. The minimum atomic E-state index is -0.985. The van der Waals surface area contributed by atoms with Crippen LogP contribution in [0.25, 0.3) is 0 Å². The Bertz CT molecular complexity index is 572. The van der Waals surface area contributed by atoms with E-state index >= 15 is 0 Å². The van der Waals surface area contributed by atoms with Crippen LogP contribution < -0.4 is 5.32 Å². The van der Waals surface area contributed by atoms with Crippen LogP contribution in [0.3, 0.4) is 0 Å². The molecule has 1 aliphatic carbocycles. The van der Waals surface area contributed by atoms with Gasteiger partial charge in [-0.3, -0.25) is 9.59 Å². The number of ketones is 1. The quantitative estimate of drug-likeness (QED) is 0.763. The van der Waals surface area contributed by atoms with E-state index in [4.69, 9.17) is 9.84 Å². The zero-order valence-corrected chi connectivity index (χ0v) is 13.6. The van der Waals surface area contributed by atoms with Crippen molar-refractivity contribution in [1.29, 1.82) is 0 Å². The van der Waals surface area contributed by atoms with Crippen molar-refractivity contribution in [2.75, 3.05) is 0 Å². The van der Waals surface area contributed by atoms with Gasteiger partial charge >= 0.3 is 12.1 Å². The minimum absolute atomic E-state index is 0.00318. The SMILES string of the molecule is O=C(O)CC(CCC1CCCC1=O)NC(=O)OCc1ccccc1. The van der Waals surface area contributed by atoms with E-state index in [0.717, 1.165) is 18.4 Å². The van der Waals surface area contributed by atoms with Crippen molar-refractivity contribution in [3.63, 3.8) is 0 Å². The Labute approximate surface area is 141 Å². The Balaban J connectivity index is 1.79. The van der Waals surface area contributed by atoms with Gasteiger partial charge in [-0.1, -0.05) is 30.3 Å². The molecule has 1 fully saturated rings. The molecule has 1 aromatic carbocycles. The molecule has 0 saturated heterocycles. The summed E-state index contributed by atoms with van der Waals surface area (Å²) in [7, 11) is 0. The van der Waals surface area contributed by atoms with E-state index in [-0.39, 0.29) is 24.7 Å². The number of benzene rings is 1. The number of nitrogens with one attached hydrogen (secondary N) is 1. The first kappa shape index (κ1) is 18.0. The molecule has 0 bridgehead atoms. The number of carbonyl (C=O) groups is 3. The number of hydrogen-bond acceptors (Lipinski definition) is 4. The van der Waals surface area contributed by atoms with E-state index in [0.29, 0.717) is 19.3 Å². The fourth-order valence-corrected chi connectivity index (χ4v) is 2.96. The van der Waals surface area contributed by atoms with Gasteiger partial charge in [0, 0.05) is 18.4 Å². The molecule has 0 radical (unpaired) electrons. The maximum Gasteiger partial charge on any atom is 0.407 e. The maximum absolute atomic E-state index is 11.9. The van der Waals surface area contributed by atoms with E-state index in [1.54, 1.807) is 0 Å². The first-order chi connectivity index (χ1) is 11.5. The van der Waals surface area contributed by atoms with E-state index in [2.05, 4.69) is 5.32 Å². The van der Waals surface area contributed by atoms with Gasteiger partial charge in [0.2, 0.25) is 0 Å². The molecule has 130 valence electrons. The average molecular weight is 333 g/mol. The molecule has 1 aromatic rings. The molecule has 1 aliphatic rings. The van der Waals surface area contributed by atoms with Crippen LogP contribution in [0.2, 0.25) is 0 Å². The van der Waals surface area contributed by atoms with E-state index < -0.39 is 18.1 Å². The number of rotatable bonds is 8. The predicted molar refractivity (Wildman–Crippen MR) is 87.4 cm³/mol. The van der Waals surface area contributed by atoms with Gasteiger partial charge in [0.05, 0.1) is 6.42 Å². The molecule has 24 heavy (non-hydrogen) atoms. The third-order valence-corrected chi connectivity index (χ3v) is 4.25. The summed E-state index contributed by atoms with van der Waals surface area (Å²) in [5.74, 6) is -0.736. The summed E-state index contributed by atoms with van der Waals surface area (Å²) < 4.78 is 5.12. The summed E-state index contributed by atoms with van der Waals surface area (Å²) in [4.78, 5) is 34.5. The van der Waals surface area contributed by atoms with Gasteiger partial charge in [-0.25, -0.2) is 4.79 Å². The Kier molecular flexibility index (Phi) is 6.78. The van der Waals surface area contributed by atoms with Crippen LogP contribution in [0.4, 0.5) is 4.79 Å². The van der Waals surface area contributed by atoms with Gasteiger partial charge in [0.25, 0.3) is 0 Å². The highest BCUT2D eigenvalue weighted by Gasteiger charge is 2.26. The smallest absolute Gasteiger partial charge is 0.407 e. The number of carboxylic acids is 1. The second-order valence-electron chi connectivity index (χ2n) is 6.13. The van der Waals surface area contributed by atoms with Crippen LogP contribution in [0.15, 0.2) is 30.3 Å². The first-order valence-corrected chi connectivity index (χ1v) is 8.26. The van der Waals surface area contributed by atoms with Gasteiger partial charge in [0.1, 0.15) is 12.4 Å². The fourth-order valence-electron chi connectivity index (χ4n) is 2.96. The molecule has 6 heteroatoms. The monoisotopic (exact) mass is 333 g/mol. The van der Waals surface area contributed by atoms with Crippen molar-refractivity contribution >= 4 is 17.8 Å². The van der Waals surface area contributed by atoms with Crippen molar-refractivity contribution in [1.82, 2.24) is 5.32 Å². The van der Waals surface area contributed by atoms with Crippen molar-refractivity contribution in [3.8, 4) is 0 Å². The van der Waals surface area contributed by atoms with Gasteiger partial charge in [-0.15, -0.1) is 0 Å². The summed E-state index contributed by atoms with van der Waals surface area (Å²) in [6, 6.07) is 8.72. The van der Waals surface area contributed by atoms with Crippen LogP contribution in [-0.4, -0.2) is 29.0 Å². The largest absolute Gasteiger partial charge is 0.481 e. The summed E-state index contributed by atoms with van der Waals surface area (Å²) in [5.41, 5.74) is 0.860. The second kappa shape index (κ2) is 9.05. The van der Waals surface area contributed by atoms with Gasteiger partial charge in [-0.2, -0.15) is 0 Å². The van der Waals surface area contributed by atoms with Crippen LogP contribution in [0, 0.1) is 5.92 Å². The lowest BCUT2D eigenvalue weighted by Crippen LogP contribution is -2.37. The maximum atomic E-state index is 11.9. The van der Waals surface area contributed by atoms with Crippen LogP contribution in [0.5, 0.6) is 0 Å². The fraction of sp³-hybridized carbons (Fsp3) is 0.500. The summed E-state index contributed by atoms with van der Waals surface area (Å²) in [5, 5.41) is 11.6. The Morgan fingerprint density at radius 2 is 2.04 bits per heavy atom. The van der Waals surface area contributed by atoms with E-state index in [1.165, 1.54) is 0 Å². The average Bonchev–Trinajstić information content (AvgIpc) is 2.96. The van der Waals surface area contributed by atoms with E-state index in [1.807, 2.05) is 30.3 Å². The number of carboxylic acid groups (broad SMARTS) is 1. The highest BCUT2D eigenvalue weighted by molar-refractivity contribution is 5.82. The van der Waals surface area contributed by atoms with Crippen LogP contribution in [-0.2, 0) is 20.9 Å². The molecule has 2 atom stereocenters. The van der Waals surface area contributed by atoms with Gasteiger partial charge in [0.15, 0.2) is 0 Å². The van der Waals surface area contributed by atoms with Crippen LogP contribution >= 0.6 is 0 Å². The topological polar surface area (TPSA) is 92.7 Å². The molecule has 1 amide bonds. The molecule has 2 rings (SSSR count). The second-order valence-corrected chi connectivity index (χ2v) is 6.13. The number of aliphatic carboxylic acids is 1. The van der Waals surface area contributed by atoms with Crippen LogP contribution in [0.1, 0.15) is 44.1 Å². The zero-order valence-electron chi connectivity index (χ0n) is 13.6. The number of amides is 1. The predicted octanol–water partition coefficient (Wildman–Crippen LogP) is 2.91. The number of Topliss-reactive ketones (excluding diaryl/α,β-unsaturated/α-hetero) is 1. The molecule has 2 N–H and O–H groups in total. The molecule has 0 aliphatic heterocycles. The normalized spacial score (nSPS) is 18.2. The number of ether oxygens (including phenoxy) is 1. The molecule has 0 aromatic heterocycles. The lowest BCUT2D eigenvalue weighted by atomic mass is 9.96. The summed E-state index contributed by atoms with van der Waals surface area (Å²) in [6.07, 6.45) is 2.63. The van der Waals surface area contributed by atoms with Gasteiger partial charge in [-0.05, 0) is 31.2 Å². The highest BCUT2D eigenvalue weighted by atomic mass is 16.5.